The van der Waals surface area contributed by atoms with Gasteiger partial charge in [0.05, 0.1) is 0 Å². The second-order valence-electron chi connectivity index (χ2n) is 2.91. The Morgan fingerprint density at radius 1 is 1.50 bits per heavy atom. The topological polar surface area (TPSA) is 26.0 Å². The highest BCUT2D eigenvalue weighted by atomic mass is 14.6. The van der Waals surface area contributed by atoms with Gasteiger partial charge in [0.2, 0.25) is 0 Å². The molecule has 0 rings (SSSR count). The smallest absolute Gasteiger partial charge is 0.00160 e. The quantitative estimate of drug-likeness (QED) is 0.597. The Hall–Kier alpha value is -0.300. The second kappa shape index (κ2) is 5.48. The highest BCUT2D eigenvalue weighted by molar-refractivity contribution is 4.86. The second-order valence-corrected chi connectivity index (χ2v) is 2.91. The molecular weight excluding hydrogens is 122 g/mol. The third-order valence-corrected chi connectivity index (χ3v) is 1.66. The van der Waals surface area contributed by atoms with Crippen molar-refractivity contribution in [1.82, 2.24) is 0 Å². The van der Waals surface area contributed by atoms with Crippen molar-refractivity contribution in [1.29, 1.82) is 0 Å². The van der Waals surface area contributed by atoms with E-state index in [0.29, 0.717) is 12.0 Å². The van der Waals surface area contributed by atoms with E-state index in [9.17, 15) is 0 Å². The molecule has 0 radical (unpaired) electrons. The fraction of sp³-hybridized carbons (Fsp3) is 0.778. The molecule has 0 spiro atoms. The standard InChI is InChI=1S/C9H19N/c1-4-6-9(5-2)7-8(3)10/h4,6,8-9H,5,7,10H2,1-3H3. The number of hydrogen-bond acceptors (Lipinski definition) is 1. The summed E-state index contributed by atoms with van der Waals surface area (Å²) in [6, 6.07) is 0.334. The average Bonchev–Trinajstić information content (AvgIpc) is 1.86. The number of allylic oxidation sites excluding steroid dienone is 2. The van der Waals surface area contributed by atoms with Gasteiger partial charge in [-0.3, -0.25) is 0 Å². The third kappa shape index (κ3) is 4.57. The molecule has 0 aliphatic heterocycles. The van der Waals surface area contributed by atoms with Crippen LogP contribution >= 0.6 is 0 Å². The van der Waals surface area contributed by atoms with Crippen molar-refractivity contribution in [3.05, 3.63) is 12.2 Å². The summed E-state index contributed by atoms with van der Waals surface area (Å²) in [4.78, 5) is 0. The molecule has 0 amide bonds. The molecule has 1 heteroatoms. The largest absolute Gasteiger partial charge is 0.328 e. The Balaban J connectivity index is 3.60. The van der Waals surface area contributed by atoms with Gasteiger partial charge in [0.1, 0.15) is 0 Å². The molecule has 0 saturated heterocycles. The van der Waals surface area contributed by atoms with Crippen molar-refractivity contribution in [2.45, 2.75) is 39.7 Å². The van der Waals surface area contributed by atoms with Gasteiger partial charge >= 0.3 is 0 Å². The minimum atomic E-state index is 0.334. The van der Waals surface area contributed by atoms with Crippen LogP contribution in [0.1, 0.15) is 33.6 Å². The molecule has 2 N–H and O–H groups in total. The van der Waals surface area contributed by atoms with Gasteiger partial charge in [-0.05, 0) is 32.6 Å². The lowest BCUT2D eigenvalue weighted by Crippen LogP contribution is -2.18. The molecule has 0 aromatic carbocycles. The molecule has 0 aromatic heterocycles. The summed E-state index contributed by atoms with van der Waals surface area (Å²) in [5.74, 6) is 0.685. The van der Waals surface area contributed by atoms with E-state index in [4.69, 9.17) is 5.73 Å². The van der Waals surface area contributed by atoms with E-state index in [1.807, 2.05) is 0 Å². The molecule has 1 nitrogen and oxygen atoms in total. The molecule has 0 aliphatic carbocycles. The maximum atomic E-state index is 5.67. The van der Waals surface area contributed by atoms with Gasteiger partial charge in [-0.15, -0.1) is 0 Å². The van der Waals surface area contributed by atoms with Crippen molar-refractivity contribution in [2.24, 2.45) is 11.7 Å². The summed E-state index contributed by atoms with van der Waals surface area (Å²) in [5, 5.41) is 0. The van der Waals surface area contributed by atoms with E-state index < -0.39 is 0 Å². The molecule has 2 atom stereocenters. The van der Waals surface area contributed by atoms with Crippen LogP contribution in [-0.2, 0) is 0 Å². The Labute approximate surface area is 64.3 Å². The van der Waals surface area contributed by atoms with E-state index in [-0.39, 0.29) is 0 Å². The minimum absolute atomic E-state index is 0.334. The van der Waals surface area contributed by atoms with E-state index >= 15 is 0 Å². The van der Waals surface area contributed by atoms with E-state index in [1.54, 1.807) is 0 Å². The lowest BCUT2D eigenvalue weighted by atomic mass is 9.98. The first-order chi connectivity index (χ1) is 4.70. The van der Waals surface area contributed by atoms with E-state index in [2.05, 4.69) is 32.9 Å². The SMILES string of the molecule is CC=CC(CC)CC(C)N. The fourth-order valence-electron chi connectivity index (χ4n) is 1.13. The first-order valence-corrected chi connectivity index (χ1v) is 4.09. The normalized spacial score (nSPS) is 17.6. The summed E-state index contributed by atoms with van der Waals surface area (Å²) in [6.45, 7) is 6.32. The summed E-state index contributed by atoms with van der Waals surface area (Å²) in [7, 11) is 0. The van der Waals surface area contributed by atoms with Crippen molar-refractivity contribution in [3.63, 3.8) is 0 Å². The van der Waals surface area contributed by atoms with Gasteiger partial charge in [0.15, 0.2) is 0 Å². The van der Waals surface area contributed by atoms with Gasteiger partial charge in [0.25, 0.3) is 0 Å². The van der Waals surface area contributed by atoms with Crippen LogP contribution in [0.3, 0.4) is 0 Å². The van der Waals surface area contributed by atoms with Crippen molar-refractivity contribution >= 4 is 0 Å². The Bertz CT molecular complexity index is 94.9. The first kappa shape index (κ1) is 9.70. The first-order valence-electron chi connectivity index (χ1n) is 4.09. The molecule has 0 aliphatic rings. The predicted molar refractivity (Wildman–Crippen MR) is 46.9 cm³/mol. The number of nitrogens with two attached hydrogens (primary N) is 1. The monoisotopic (exact) mass is 141 g/mol. The zero-order valence-corrected chi connectivity index (χ0v) is 7.30. The molecule has 10 heavy (non-hydrogen) atoms. The predicted octanol–water partition coefficient (Wildman–Crippen LogP) is 2.33. The molecule has 0 aromatic rings. The summed E-state index contributed by atoms with van der Waals surface area (Å²) in [6.07, 6.45) is 6.66. The number of hydrogen-bond donors (Lipinski definition) is 1. The molecule has 2 unspecified atom stereocenters. The van der Waals surface area contributed by atoms with Crippen molar-refractivity contribution in [2.75, 3.05) is 0 Å². The summed E-state index contributed by atoms with van der Waals surface area (Å²) < 4.78 is 0. The average molecular weight is 141 g/mol. The Kier molecular flexibility index (Phi) is 5.32. The van der Waals surface area contributed by atoms with Crippen LogP contribution in [0, 0.1) is 5.92 Å². The van der Waals surface area contributed by atoms with Crippen LogP contribution in [0.2, 0.25) is 0 Å². The molecule has 0 saturated carbocycles. The van der Waals surface area contributed by atoms with Crippen LogP contribution in [0.4, 0.5) is 0 Å². The van der Waals surface area contributed by atoms with Crippen LogP contribution in [0.5, 0.6) is 0 Å². The summed E-state index contributed by atoms with van der Waals surface area (Å²) in [5.41, 5.74) is 5.67. The Morgan fingerprint density at radius 2 is 2.10 bits per heavy atom. The third-order valence-electron chi connectivity index (χ3n) is 1.66. The highest BCUT2D eigenvalue weighted by Crippen LogP contribution is 2.11. The van der Waals surface area contributed by atoms with Crippen LogP contribution in [0.25, 0.3) is 0 Å². The van der Waals surface area contributed by atoms with Crippen LogP contribution in [0.15, 0.2) is 12.2 Å². The number of rotatable bonds is 4. The van der Waals surface area contributed by atoms with Crippen molar-refractivity contribution < 1.29 is 0 Å². The highest BCUT2D eigenvalue weighted by Gasteiger charge is 2.03. The van der Waals surface area contributed by atoms with Gasteiger partial charge in [-0.1, -0.05) is 19.1 Å². The molecule has 60 valence electrons. The minimum Gasteiger partial charge on any atom is -0.328 e. The van der Waals surface area contributed by atoms with Gasteiger partial charge in [-0.2, -0.15) is 0 Å². The zero-order chi connectivity index (χ0) is 7.98. The lowest BCUT2D eigenvalue weighted by molar-refractivity contribution is 0.512. The van der Waals surface area contributed by atoms with Crippen LogP contribution < -0.4 is 5.73 Å². The molecule has 0 fully saturated rings. The summed E-state index contributed by atoms with van der Waals surface area (Å²) >= 11 is 0. The molecule has 0 bridgehead atoms. The Morgan fingerprint density at radius 3 is 2.40 bits per heavy atom. The zero-order valence-electron chi connectivity index (χ0n) is 7.30. The fourth-order valence-corrected chi connectivity index (χ4v) is 1.13. The maximum Gasteiger partial charge on any atom is 0.00160 e. The van der Waals surface area contributed by atoms with Gasteiger partial charge in [-0.25, -0.2) is 0 Å². The van der Waals surface area contributed by atoms with Gasteiger partial charge < -0.3 is 5.73 Å². The van der Waals surface area contributed by atoms with E-state index in [0.717, 1.165) is 6.42 Å². The van der Waals surface area contributed by atoms with E-state index in [1.165, 1.54) is 6.42 Å². The van der Waals surface area contributed by atoms with Crippen molar-refractivity contribution in [3.8, 4) is 0 Å². The molecular formula is C9H19N. The lowest BCUT2D eigenvalue weighted by Gasteiger charge is -2.11. The van der Waals surface area contributed by atoms with Crippen LogP contribution in [-0.4, -0.2) is 6.04 Å². The maximum absolute atomic E-state index is 5.67. The van der Waals surface area contributed by atoms with Gasteiger partial charge in [0, 0.05) is 6.04 Å². The molecule has 0 heterocycles.